The lowest BCUT2D eigenvalue weighted by atomic mass is 10.2. The Morgan fingerprint density at radius 2 is 2.17 bits per heavy atom. The van der Waals surface area contributed by atoms with Gasteiger partial charge in [0.15, 0.2) is 0 Å². The highest BCUT2D eigenvalue weighted by molar-refractivity contribution is 5.33. The Morgan fingerprint density at radius 3 is 2.83 bits per heavy atom. The molecule has 12 heavy (non-hydrogen) atoms. The van der Waals surface area contributed by atoms with Crippen molar-refractivity contribution in [3.8, 4) is 5.75 Å². The summed E-state index contributed by atoms with van der Waals surface area (Å²) in [5, 5.41) is 0. The van der Waals surface area contributed by atoms with Gasteiger partial charge in [0.05, 0.1) is 12.2 Å². The van der Waals surface area contributed by atoms with Crippen molar-refractivity contribution in [2.45, 2.75) is 13.5 Å². The molecule has 0 heterocycles. The number of hydrogen-bond acceptors (Lipinski definition) is 1. The molecule has 0 amide bonds. The van der Waals surface area contributed by atoms with Crippen molar-refractivity contribution in [2.24, 2.45) is 0 Å². The normalized spacial score (nSPS) is 9.00. The van der Waals surface area contributed by atoms with Gasteiger partial charge in [0, 0.05) is 0 Å². The average molecular weight is 161 g/mol. The lowest BCUT2D eigenvalue weighted by Crippen LogP contribution is -1.94. The molecular formula is C10H11NO. The first-order chi connectivity index (χ1) is 5.88. The molecule has 0 saturated carbocycles. The lowest BCUT2D eigenvalue weighted by Gasteiger charge is -2.04. The van der Waals surface area contributed by atoms with Crippen LogP contribution in [0.4, 0.5) is 0 Å². The van der Waals surface area contributed by atoms with Gasteiger partial charge in [-0.3, -0.25) is 0 Å². The molecule has 0 spiro atoms. The van der Waals surface area contributed by atoms with E-state index in [0.29, 0.717) is 13.2 Å². The molecule has 0 unspecified atom stereocenters. The molecule has 0 atom stereocenters. The van der Waals surface area contributed by atoms with E-state index in [4.69, 9.17) is 11.3 Å². The number of ether oxygens (including phenoxy) is 1. The van der Waals surface area contributed by atoms with Gasteiger partial charge in [0.25, 0.3) is 0 Å². The minimum Gasteiger partial charge on any atom is -0.493 e. The van der Waals surface area contributed by atoms with Gasteiger partial charge in [-0.15, -0.1) is 0 Å². The van der Waals surface area contributed by atoms with Gasteiger partial charge >= 0.3 is 0 Å². The number of benzene rings is 1. The summed E-state index contributed by atoms with van der Waals surface area (Å²) in [5.41, 5.74) is 0.967. The number of rotatable bonds is 3. The summed E-state index contributed by atoms with van der Waals surface area (Å²) in [6.45, 7) is 9.72. The molecule has 0 aromatic heterocycles. The highest BCUT2D eigenvalue weighted by atomic mass is 16.5. The van der Waals surface area contributed by atoms with Gasteiger partial charge in [-0.05, 0) is 19.1 Å². The van der Waals surface area contributed by atoms with Crippen molar-refractivity contribution in [3.05, 3.63) is 41.2 Å². The van der Waals surface area contributed by atoms with E-state index in [2.05, 4.69) is 4.85 Å². The minimum atomic E-state index is 0.399. The van der Waals surface area contributed by atoms with Crippen LogP contribution in [0.1, 0.15) is 12.5 Å². The summed E-state index contributed by atoms with van der Waals surface area (Å²) in [4.78, 5) is 3.32. The molecule has 0 radical (unpaired) electrons. The topological polar surface area (TPSA) is 13.6 Å². The summed E-state index contributed by atoms with van der Waals surface area (Å²) in [5.74, 6) is 0.830. The van der Waals surface area contributed by atoms with E-state index in [1.54, 1.807) is 0 Å². The maximum atomic E-state index is 6.74. The number of hydrogen-bond donors (Lipinski definition) is 0. The SMILES string of the molecule is [C-]#[N+]Cc1ccccc1OCC. The first kappa shape index (κ1) is 8.61. The Labute approximate surface area is 72.6 Å². The van der Waals surface area contributed by atoms with Gasteiger partial charge in [-0.2, -0.15) is 0 Å². The predicted molar refractivity (Wildman–Crippen MR) is 47.9 cm³/mol. The lowest BCUT2D eigenvalue weighted by molar-refractivity contribution is 0.337. The molecule has 0 N–H and O–H groups in total. The Kier molecular flexibility index (Phi) is 3.16. The molecule has 0 bridgehead atoms. The van der Waals surface area contributed by atoms with Crippen LogP contribution in [0, 0.1) is 6.57 Å². The zero-order valence-electron chi connectivity index (χ0n) is 7.08. The van der Waals surface area contributed by atoms with Gasteiger partial charge in [0.2, 0.25) is 6.54 Å². The second-order valence-electron chi connectivity index (χ2n) is 2.36. The molecule has 0 aliphatic heterocycles. The zero-order chi connectivity index (χ0) is 8.81. The summed E-state index contributed by atoms with van der Waals surface area (Å²) < 4.78 is 5.35. The van der Waals surface area contributed by atoms with E-state index in [0.717, 1.165) is 11.3 Å². The molecule has 2 heteroatoms. The van der Waals surface area contributed by atoms with Gasteiger partial charge < -0.3 is 9.58 Å². The minimum absolute atomic E-state index is 0.399. The zero-order valence-corrected chi connectivity index (χ0v) is 7.08. The summed E-state index contributed by atoms with van der Waals surface area (Å²) >= 11 is 0. The molecule has 1 rings (SSSR count). The standard InChI is InChI=1S/C10H11NO/c1-3-12-10-7-5-4-6-9(10)8-11-2/h4-7H,3,8H2,1H3. The second-order valence-corrected chi connectivity index (χ2v) is 2.36. The molecule has 0 aliphatic rings. The summed E-state index contributed by atoms with van der Waals surface area (Å²) in [6, 6.07) is 7.65. The van der Waals surface area contributed by atoms with Crippen LogP contribution in [0.3, 0.4) is 0 Å². The monoisotopic (exact) mass is 161 g/mol. The van der Waals surface area contributed by atoms with E-state index in [9.17, 15) is 0 Å². The highest BCUT2D eigenvalue weighted by Crippen LogP contribution is 2.18. The Morgan fingerprint density at radius 1 is 1.42 bits per heavy atom. The molecule has 0 aliphatic carbocycles. The third kappa shape index (κ3) is 2.00. The molecular weight excluding hydrogens is 150 g/mol. The molecule has 62 valence electrons. The van der Waals surface area contributed by atoms with Crippen molar-refractivity contribution in [2.75, 3.05) is 6.61 Å². The van der Waals surface area contributed by atoms with Crippen molar-refractivity contribution in [1.82, 2.24) is 0 Å². The molecule has 2 nitrogen and oxygen atoms in total. The first-order valence-corrected chi connectivity index (χ1v) is 3.92. The van der Waals surface area contributed by atoms with E-state index in [1.165, 1.54) is 0 Å². The van der Waals surface area contributed by atoms with E-state index >= 15 is 0 Å². The fourth-order valence-corrected chi connectivity index (χ4v) is 1.02. The molecule has 1 aromatic carbocycles. The van der Waals surface area contributed by atoms with Gasteiger partial charge in [-0.1, -0.05) is 12.1 Å². The van der Waals surface area contributed by atoms with Crippen LogP contribution in [0.5, 0.6) is 5.75 Å². The quantitative estimate of drug-likeness (QED) is 0.621. The van der Waals surface area contributed by atoms with Crippen LogP contribution in [-0.4, -0.2) is 6.61 Å². The molecule has 0 saturated heterocycles. The largest absolute Gasteiger partial charge is 0.493 e. The average Bonchev–Trinajstić information content (AvgIpc) is 2.09. The van der Waals surface area contributed by atoms with E-state index in [1.807, 2.05) is 31.2 Å². The highest BCUT2D eigenvalue weighted by Gasteiger charge is 2.02. The van der Waals surface area contributed by atoms with Crippen LogP contribution >= 0.6 is 0 Å². The Balaban J connectivity index is 2.85. The summed E-state index contributed by atoms with van der Waals surface area (Å²) in [6.07, 6.45) is 0. The number of nitrogens with zero attached hydrogens (tertiary/aromatic N) is 1. The third-order valence-corrected chi connectivity index (χ3v) is 1.52. The van der Waals surface area contributed by atoms with Gasteiger partial charge in [-0.25, -0.2) is 6.57 Å². The predicted octanol–water partition coefficient (Wildman–Crippen LogP) is 2.50. The fourth-order valence-electron chi connectivity index (χ4n) is 1.02. The van der Waals surface area contributed by atoms with Crippen molar-refractivity contribution in [3.63, 3.8) is 0 Å². The molecule has 1 aromatic rings. The second kappa shape index (κ2) is 4.40. The fraction of sp³-hybridized carbons (Fsp3) is 0.300. The third-order valence-electron chi connectivity index (χ3n) is 1.52. The maximum Gasteiger partial charge on any atom is 0.243 e. The summed E-state index contributed by atoms with van der Waals surface area (Å²) in [7, 11) is 0. The van der Waals surface area contributed by atoms with Crippen molar-refractivity contribution in [1.29, 1.82) is 0 Å². The van der Waals surface area contributed by atoms with Gasteiger partial charge in [0.1, 0.15) is 5.75 Å². The van der Waals surface area contributed by atoms with Crippen LogP contribution in [-0.2, 0) is 6.54 Å². The van der Waals surface area contributed by atoms with Crippen LogP contribution in [0.15, 0.2) is 24.3 Å². The molecule has 0 fully saturated rings. The van der Waals surface area contributed by atoms with E-state index in [-0.39, 0.29) is 0 Å². The smallest absolute Gasteiger partial charge is 0.243 e. The van der Waals surface area contributed by atoms with E-state index < -0.39 is 0 Å². The van der Waals surface area contributed by atoms with Crippen molar-refractivity contribution >= 4 is 0 Å². The Bertz CT molecular complexity index is 288. The number of para-hydroxylation sites is 1. The first-order valence-electron chi connectivity index (χ1n) is 3.92. The van der Waals surface area contributed by atoms with Crippen LogP contribution in [0.25, 0.3) is 4.85 Å². The van der Waals surface area contributed by atoms with Crippen LogP contribution < -0.4 is 4.74 Å². The van der Waals surface area contributed by atoms with Crippen molar-refractivity contribution < 1.29 is 4.74 Å². The Hall–Kier alpha value is -1.49. The maximum absolute atomic E-state index is 6.74. The van der Waals surface area contributed by atoms with Crippen LogP contribution in [0.2, 0.25) is 0 Å².